The summed E-state index contributed by atoms with van der Waals surface area (Å²) < 4.78 is 13.4. The summed E-state index contributed by atoms with van der Waals surface area (Å²) in [6, 6.07) is 4.92. The number of amidine groups is 1. The summed E-state index contributed by atoms with van der Waals surface area (Å²) in [7, 11) is 2.13. The van der Waals surface area contributed by atoms with Crippen LogP contribution in [0.4, 0.5) is 10.1 Å². The summed E-state index contributed by atoms with van der Waals surface area (Å²) in [5, 5.41) is 7.68. The van der Waals surface area contributed by atoms with E-state index in [1.807, 2.05) is 0 Å². The Bertz CT molecular complexity index is 489. The third-order valence-electron chi connectivity index (χ3n) is 3.93. The van der Waals surface area contributed by atoms with E-state index in [0.29, 0.717) is 11.6 Å². The molecule has 1 atom stereocenters. The Morgan fingerprint density at radius 3 is 2.85 bits per heavy atom. The first-order valence-electron chi connectivity index (χ1n) is 7.12. The van der Waals surface area contributed by atoms with Crippen LogP contribution in [0.5, 0.6) is 0 Å². The Labute approximate surface area is 119 Å². The van der Waals surface area contributed by atoms with Crippen molar-refractivity contribution in [2.45, 2.75) is 25.8 Å². The second kappa shape index (κ2) is 6.22. The highest BCUT2D eigenvalue weighted by atomic mass is 19.1. The minimum Gasteiger partial charge on any atom is -0.384 e. The first kappa shape index (κ1) is 14.8. The molecular formula is C15H23FN4. The van der Waals surface area contributed by atoms with E-state index in [1.165, 1.54) is 12.1 Å². The van der Waals surface area contributed by atoms with Gasteiger partial charge in [-0.05, 0) is 44.6 Å². The average molecular weight is 278 g/mol. The molecule has 1 unspecified atom stereocenters. The number of nitrogens with zero attached hydrogens (tertiary/aromatic N) is 2. The van der Waals surface area contributed by atoms with Crippen molar-refractivity contribution in [2.24, 2.45) is 5.73 Å². The molecule has 0 aliphatic carbocycles. The van der Waals surface area contributed by atoms with E-state index in [9.17, 15) is 4.39 Å². The molecule has 1 aliphatic rings. The van der Waals surface area contributed by atoms with Crippen molar-refractivity contribution < 1.29 is 4.39 Å². The first-order valence-corrected chi connectivity index (χ1v) is 7.12. The number of likely N-dealkylation sites (N-methyl/N-ethyl adjacent to an activating group) is 1. The number of halogens is 1. The largest absolute Gasteiger partial charge is 0.384 e. The fourth-order valence-corrected chi connectivity index (χ4v) is 2.88. The lowest BCUT2D eigenvalue weighted by Crippen LogP contribution is -2.40. The standard InChI is InChI=1S/C15H23FN4/c1-3-12-10-19(2)7-4-8-20(12)14-6-5-11(16)9-13(14)15(17)18/h5-6,9,12H,3-4,7-8,10H2,1-2H3,(H3,17,18). The van der Waals surface area contributed by atoms with Crippen molar-refractivity contribution in [3.8, 4) is 0 Å². The van der Waals surface area contributed by atoms with E-state index < -0.39 is 0 Å². The fourth-order valence-electron chi connectivity index (χ4n) is 2.88. The van der Waals surface area contributed by atoms with Gasteiger partial charge in [0.25, 0.3) is 0 Å². The Morgan fingerprint density at radius 2 is 2.20 bits per heavy atom. The third kappa shape index (κ3) is 3.10. The topological polar surface area (TPSA) is 56.4 Å². The molecule has 1 fully saturated rings. The number of rotatable bonds is 3. The SMILES string of the molecule is CCC1CN(C)CCCN1c1ccc(F)cc1C(=N)N. The Balaban J connectivity index is 2.39. The number of nitrogens with one attached hydrogen (secondary N) is 1. The molecule has 1 aliphatic heterocycles. The zero-order chi connectivity index (χ0) is 14.7. The lowest BCUT2D eigenvalue weighted by atomic mass is 10.1. The van der Waals surface area contributed by atoms with Crippen LogP contribution in [0.2, 0.25) is 0 Å². The summed E-state index contributed by atoms with van der Waals surface area (Å²) in [6.07, 6.45) is 2.07. The van der Waals surface area contributed by atoms with Gasteiger partial charge in [-0.2, -0.15) is 0 Å². The second-order valence-corrected chi connectivity index (χ2v) is 5.45. The molecule has 1 saturated heterocycles. The van der Waals surface area contributed by atoms with Crippen molar-refractivity contribution >= 4 is 11.5 Å². The molecule has 0 amide bonds. The molecule has 1 heterocycles. The van der Waals surface area contributed by atoms with E-state index in [0.717, 1.165) is 38.2 Å². The Kier molecular flexibility index (Phi) is 4.60. The van der Waals surface area contributed by atoms with Gasteiger partial charge in [0.2, 0.25) is 0 Å². The quantitative estimate of drug-likeness (QED) is 0.657. The van der Waals surface area contributed by atoms with E-state index >= 15 is 0 Å². The summed E-state index contributed by atoms with van der Waals surface area (Å²) in [5.74, 6) is -0.425. The zero-order valence-electron chi connectivity index (χ0n) is 12.2. The molecule has 0 bridgehead atoms. The van der Waals surface area contributed by atoms with Crippen LogP contribution in [0.15, 0.2) is 18.2 Å². The van der Waals surface area contributed by atoms with Crippen LogP contribution in [0.25, 0.3) is 0 Å². The maximum Gasteiger partial charge on any atom is 0.125 e. The van der Waals surface area contributed by atoms with Crippen LogP contribution in [-0.4, -0.2) is 43.5 Å². The molecule has 0 aromatic heterocycles. The lowest BCUT2D eigenvalue weighted by molar-refractivity contribution is 0.328. The van der Waals surface area contributed by atoms with Crippen LogP contribution >= 0.6 is 0 Å². The minimum atomic E-state index is -0.348. The van der Waals surface area contributed by atoms with Gasteiger partial charge in [0.05, 0.1) is 0 Å². The van der Waals surface area contributed by atoms with Crippen molar-refractivity contribution in [3.05, 3.63) is 29.6 Å². The van der Waals surface area contributed by atoms with Crippen LogP contribution in [0.3, 0.4) is 0 Å². The van der Waals surface area contributed by atoms with Gasteiger partial charge in [-0.1, -0.05) is 6.92 Å². The van der Waals surface area contributed by atoms with Gasteiger partial charge >= 0.3 is 0 Å². The summed E-state index contributed by atoms with van der Waals surface area (Å²) in [5.41, 5.74) is 6.99. The molecule has 0 spiro atoms. The van der Waals surface area contributed by atoms with Crippen LogP contribution in [0.1, 0.15) is 25.3 Å². The molecule has 0 radical (unpaired) electrons. The highest BCUT2D eigenvalue weighted by Crippen LogP contribution is 2.26. The van der Waals surface area contributed by atoms with Crippen molar-refractivity contribution in [3.63, 3.8) is 0 Å². The predicted molar refractivity (Wildman–Crippen MR) is 81.0 cm³/mol. The van der Waals surface area contributed by atoms with Gasteiger partial charge in [-0.15, -0.1) is 0 Å². The first-order chi connectivity index (χ1) is 9.52. The fraction of sp³-hybridized carbons (Fsp3) is 0.533. The van der Waals surface area contributed by atoms with Gasteiger partial charge in [-0.25, -0.2) is 4.39 Å². The summed E-state index contributed by atoms with van der Waals surface area (Å²) >= 11 is 0. The third-order valence-corrected chi connectivity index (χ3v) is 3.93. The number of hydrogen-bond acceptors (Lipinski definition) is 3. The smallest absolute Gasteiger partial charge is 0.125 e. The molecule has 1 aromatic carbocycles. The van der Waals surface area contributed by atoms with Crippen molar-refractivity contribution in [1.29, 1.82) is 5.41 Å². The van der Waals surface area contributed by atoms with E-state index in [4.69, 9.17) is 11.1 Å². The molecule has 5 heteroatoms. The number of anilines is 1. The Hall–Kier alpha value is -1.62. The monoisotopic (exact) mass is 278 g/mol. The maximum atomic E-state index is 13.4. The van der Waals surface area contributed by atoms with Gasteiger partial charge < -0.3 is 15.5 Å². The molecule has 1 aromatic rings. The summed E-state index contributed by atoms with van der Waals surface area (Å²) in [6.45, 7) is 5.11. The van der Waals surface area contributed by atoms with E-state index in [-0.39, 0.29) is 11.7 Å². The van der Waals surface area contributed by atoms with Gasteiger partial charge in [0, 0.05) is 30.4 Å². The number of nitrogens with two attached hydrogens (primary N) is 1. The van der Waals surface area contributed by atoms with Crippen molar-refractivity contribution in [1.82, 2.24) is 4.90 Å². The molecule has 20 heavy (non-hydrogen) atoms. The minimum absolute atomic E-state index is 0.0769. The van der Waals surface area contributed by atoms with Crippen LogP contribution < -0.4 is 10.6 Å². The van der Waals surface area contributed by atoms with Gasteiger partial charge in [-0.3, -0.25) is 5.41 Å². The molecule has 4 nitrogen and oxygen atoms in total. The molecule has 3 N–H and O–H groups in total. The highest BCUT2D eigenvalue weighted by Gasteiger charge is 2.24. The second-order valence-electron chi connectivity index (χ2n) is 5.45. The van der Waals surface area contributed by atoms with E-state index in [2.05, 4.69) is 23.8 Å². The zero-order valence-corrected chi connectivity index (χ0v) is 12.2. The number of benzene rings is 1. The predicted octanol–water partition coefficient (Wildman–Crippen LogP) is 2.03. The van der Waals surface area contributed by atoms with Crippen LogP contribution in [-0.2, 0) is 0 Å². The molecular weight excluding hydrogens is 255 g/mol. The molecule has 2 rings (SSSR count). The molecule has 0 saturated carbocycles. The average Bonchev–Trinajstić information content (AvgIpc) is 2.60. The molecule has 110 valence electrons. The van der Waals surface area contributed by atoms with E-state index in [1.54, 1.807) is 6.07 Å². The Morgan fingerprint density at radius 1 is 1.45 bits per heavy atom. The van der Waals surface area contributed by atoms with Gasteiger partial charge in [0.1, 0.15) is 11.7 Å². The van der Waals surface area contributed by atoms with Gasteiger partial charge in [0.15, 0.2) is 0 Å². The summed E-state index contributed by atoms with van der Waals surface area (Å²) in [4.78, 5) is 4.60. The highest BCUT2D eigenvalue weighted by molar-refractivity contribution is 6.00. The number of hydrogen-bond donors (Lipinski definition) is 2. The normalized spacial score (nSPS) is 20.8. The van der Waals surface area contributed by atoms with Crippen LogP contribution in [0, 0.1) is 11.2 Å². The van der Waals surface area contributed by atoms with Crippen molar-refractivity contribution in [2.75, 3.05) is 31.6 Å². The maximum absolute atomic E-state index is 13.4. The lowest BCUT2D eigenvalue weighted by Gasteiger charge is -2.33. The number of nitrogen functional groups attached to an aromatic ring is 1.